The van der Waals surface area contributed by atoms with Crippen molar-refractivity contribution in [2.24, 2.45) is 5.41 Å². The molecule has 1 fully saturated rings. The van der Waals surface area contributed by atoms with E-state index < -0.39 is 5.97 Å². The van der Waals surface area contributed by atoms with E-state index in [1.165, 1.54) is 6.33 Å². The van der Waals surface area contributed by atoms with E-state index in [4.69, 9.17) is 5.11 Å². The maximum atomic E-state index is 10.6. The van der Waals surface area contributed by atoms with Gasteiger partial charge in [-0.25, -0.2) is 4.98 Å². The van der Waals surface area contributed by atoms with Gasteiger partial charge in [0.25, 0.3) is 0 Å². The Bertz CT molecular complexity index is 321. The summed E-state index contributed by atoms with van der Waals surface area (Å²) in [7, 11) is 0. The van der Waals surface area contributed by atoms with Crippen LogP contribution in [0.3, 0.4) is 0 Å². The number of rotatable bonds is 5. The van der Waals surface area contributed by atoms with Crippen molar-refractivity contribution in [1.29, 1.82) is 0 Å². The quantitative estimate of drug-likeness (QED) is 0.717. The maximum absolute atomic E-state index is 10.6. The van der Waals surface area contributed by atoms with E-state index >= 15 is 0 Å². The van der Waals surface area contributed by atoms with Gasteiger partial charge in [0.05, 0.1) is 6.42 Å². The van der Waals surface area contributed by atoms with Crippen LogP contribution in [0.2, 0.25) is 0 Å². The number of nitrogens with one attached hydrogen (secondary N) is 1. The molecule has 0 radical (unpaired) electrons. The van der Waals surface area contributed by atoms with Gasteiger partial charge in [0, 0.05) is 5.75 Å². The van der Waals surface area contributed by atoms with Crippen molar-refractivity contribution in [2.45, 2.75) is 24.4 Å². The van der Waals surface area contributed by atoms with Crippen molar-refractivity contribution in [2.75, 3.05) is 5.75 Å². The minimum absolute atomic E-state index is 0.0172. The van der Waals surface area contributed by atoms with Gasteiger partial charge in [-0.1, -0.05) is 11.8 Å². The number of nitrogens with zero attached hydrogens (tertiary/aromatic N) is 2. The van der Waals surface area contributed by atoms with Crippen LogP contribution in [0.4, 0.5) is 0 Å². The highest BCUT2D eigenvalue weighted by Crippen LogP contribution is 2.51. The van der Waals surface area contributed by atoms with Crippen LogP contribution in [-0.4, -0.2) is 32.0 Å². The molecule has 0 bridgehead atoms. The average Bonchev–Trinajstić information content (AvgIpc) is 2.68. The summed E-state index contributed by atoms with van der Waals surface area (Å²) < 4.78 is 0. The SMILES string of the molecule is O=C(O)CC1(CSc2ncn[nH]2)CC1. The molecule has 0 aliphatic heterocycles. The van der Waals surface area contributed by atoms with E-state index in [0.29, 0.717) is 0 Å². The first-order chi connectivity index (χ1) is 6.70. The van der Waals surface area contributed by atoms with Gasteiger partial charge in [0.2, 0.25) is 0 Å². The van der Waals surface area contributed by atoms with Crippen LogP contribution in [0.15, 0.2) is 11.5 Å². The standard InChI is InChI=1S/C8H11N3O2S/c12-6(13)3-8(1-2-8)4-14-7-9-5-10-11-7/h5H,1-4H2,(H,12,13)(H,9,10,11). The molecule has 1 saturated carbocycles. The van der Waals surface area contributed by atoms with Gasteiger partial charge in [0.15, 0.2) is 5.16 Å². The van der Waals surface area contributed by atoms with E-state index in [-0.39, 0.29) is 11.8 Å². The minimum atomic E-state index is -0.708. The molecule has 0 amide bonds. The van der Waals surface area contributed by atoms with Crippen LogP contribution >= 0.6 is 11.8 Å². The fraction of sp³-hybridized carbons (Fsp3) is 0.625. The van der Waals surface area contributed by atoms with Gasteiger partial charge < -0.3 is 5.11 Å². The molecule has 0 unspecified atom stereocenters. The molecule has 2 rings (SSSR count). The number of thioether (sulfide) groups is 1. The lowest BCUT2D eigenvalue weighted by Crippen LogP contribution is -2.11. The Kier molecular flexibility index (Phi) is 2.45. The third-order valence-corrected chi connectivity index (χ3v) is 3.62. The number of carbonyl (C=O) groups is 1. The molecule has 6 heteroatoms. The van der Waals surface area contributed by atoms with Crippen LogP contribution in [0.5, 0.6) is 0 Å². The Morgan fingerprint density at radius 2 is 2.50 bits per heavy atom. The van der Waals surface area contributed by atoms with Crippen molar-refractivity contribution in [3.05, 3.63) is 6.33 Å². The molecule has 2 N–H and O–H groups in total. The molecule has 0 atom stereocenters. The molecule has 0 spiro atoms. The molecule has 1 aromatic heterocycles. The first kappa shape index (κ1) is 9.51. The maximum Gasteiger partial charge on any atom is 0.303 e. The molecular weight excluding hydrogens is 202 g/mol. The summed E-state index contributed by atoms with van der Waals surface area (Å²) >= 11 is 1.55. The van der Waals surface area contributed by atoms with Gasteiger partial charge in [-0.15, -0.1) is 0 Å². The van der Waals surface area contributed by atoms with Crippen molar-refractivity contribution in [1.82, 2.24) is 15.2 Å². The summed E-state index contributed by atoms with van der Waals surface area (Å²) in [6.45, 7) is 0. The number of aromatic amines is 1. The summed E-state index contributed by atoms with van der Waals surface area (Å²) in [6, 6.07) is 0. The molecule has 1 aliphatic rings. The second-order valence-electron chi connectivity index (χ2n) is 3.65. The summed E-state index contributed by atoms with van der Waals surface area (Å²) in [6.07, 6.45) is 3.76. The zero-order chi connectivity index (χ0) is 10.0. The Balaban J connectivity index is 1.83. The van der Waals surface area contributed by atoms with Crippen molar-refractivity contribution < 1.29 is 9.90 Å². The fourth-order valence-electron chi connectivity index (χ4n) is 1.35. The Morgan fingerprint density at radius 3 is 3.00 bits per heavy atom. The highest BCUT2D eigenvalue weighted by molar-refractivity contribution is 7.99. The summed E-state index contributed by atoms with van der Waals surface area (Å²) in [4.78, 5) is 14.5. The van der Waals surface area contributed by atoms with Crippen LogP contribution in [0, 0.1) is 5.41 Å². The number of carboxylic acids is 1. The van der Waals surface area contributed by atoms with Gasteiger partial charge in [-0.2, -0.15) is 5.10 Å². The number of carboxylic acid groups (broad SMARTS) is 1. The number of hydrogen-bond acceptors (Lipinski definition) is 4. The Hall–Kier alpha value is -1.04. The molecule has 5 nitrogen and oxygen atoms in total. The van der Waals surface area contributed by atoms with E-state index in [1.807, 2.05) is 0 Å². The summed E-state index contributed by atoms with van der Waals surface area (Å²) in [5.41, 5.74) is 0.0172. The predicted molar refractivity (Wildman–Crippen MR) is 51.0 cm³/mol. The van der Waals surface area contributed by atoms with Gasteiger partial charge in [0.1, 0.15) is 6.33 Å². The van der Waals surface area contributed by atoms with Crippen molar-refractivity contribution >= 4 is 17.7 Å². The average molecular weight is 213 g/mol. The number of hydrogen-bond donors (Lipinski definition) is 2. The second kappa shape index (κ2) is 3.61. The second-order valence-corrected chi connectivity index (χ2v) is 4.61. The van der Waals surface area contributed by atoms with E-state index in [2.05, 4.69) is 15.2 Å². The highest BCUT2D eigenvalue weighted by Gasteiger charge is 2.44. The van der Waals surface area contributed by atoms with Crippen LogP contribution in [0.1, 0.15) is 19.3 Å². The summed E-state index contributed by atoms with van der Waals surface area (Å²) in [5, 5.41) is 15.9. The lowest BCUT2D eigenvalue weighted by atomic mass is 10.1. The third-order valence-electron chi connectivity index (χ3n) is 2.39. The van der Waals surface area contributed by atoms with Crippen LogP contribution in [-0.2, 0) is 4.79 Å². The minimum Gasteiger partial charge on any atom is -0.481 e. The fourth-order valence-corrected chi connectivity index (χ4v) is 2.43. The molecule has 1 aliphatic carbocycles. The number of H-pyrrole nitrogens is 1. The van der Waals surface area contributed by atoms with Crippen LogP contribution in [0.25, 0.3) is 0 Å². The van der Waals surface area contributed by atoms with Gasteiger partial charge in [-0.05, 0) is 18.3 Å². The topological polar surface area (TPSA) is 78.9 Å². The molecule has 1 heterocycles. The van der Waals surface area contributed by atoms with E-state index in [1.54, 1.807) is 11.8 Å². The van der Waals surface area contributed by atoms with Gasteiger partial charge >= 0.3 is 5.97 Å². The van der Waals surface area contributed by atoms with Gasteiger partial charge in [-0.3, -0.25) is 9.89 Å². The largest absolute Gasteiger partial charge is 0.481 e. The van der Waals surface area contributed by atoms with Crippen molar-refractivity contribution in [3.63, 3.8) is 0 Å². The monoisotopic (exact) mass is 213 g/mol. The lowest BCUT2D eigenvalue weighted by molar-refractivity contribution is -0.138. The molecule has 0 saturated heterocycles. The molecule has 0 aromatic carbocycles. The first-order valence-electron chi connectivity index (χ1n) is 4.40. The molecule has 76 valence electrons. The third kappa shape index (κ3) is 2.25. The molecular formula is C8H11N3O2S. The van der Waals surface area contributed by atoms with Crippen LogP contribution < -0.4 is 0 Å². The lowest BCUT2D eigenvalue weighted by Gasteiger charge is -2.09. The zero-order valence-electron chi connectivity index (χ0n) is 7.56. The normalized spacial score (nSPS) is 18.0. The molecule has 14 heavy (non-hydrogen) atoms. The number of aliphatic carboxylic acids is 1. The molecule has 1 aromatic rings. The Labute approximate surface area is 85.3 Å². The predicted octanol–water partition coefficient (Wildman–Crippen LogP) is 1.15. The number of aromatic nitrogens is 3. The van der Waals surface area contributed by atoms with E-state index in [0.717, 1.165) is 23.8 Å². The highest BCUT2D eigenvalue weighted by atomic mass is 32.2. The smallest absolute Gasteiger partial charge is 0.303 e. The zero-order valence-corrected chi connectivity index (χ0v) is 8.38. The van der Waals surface area contributed by atoms with Crippen molar-refractivity contribution in [3.8, 4) is 0 Å². The van der Waals surface area contributed by atoms with E-state index in [9.17, 15) is 4.79 Å². The Morgan fingerprint density at radius 1 is 1.71 bits per heavy atom. The summed E-state index contributed by atoms with van der Waals surface area (Å²) in [5.74, 6) is 0.106. The first-order valence-corrected chi connectivity index (χ1v) is 5.39.